The molecule has 3 aliphatic rings. The molecule has 0 atom stereocenters. The molecule has 0 aliphatic carbocycles. The molecule has 1 spiro atoms. The molecule has 0 aromatic rings. The molecule has 0 aromatic carbocycles. The number of carbonyl (C=O) groups is 1. The topological polar surface area (TPSA) is 35.6 Å². The zero-order valence-electron chi connectivity index (χ0n) is 14.0. The van der Waals surface area contributed by atoms with E-state index in [4.69, 9.17) is 0 Å². The third-order valence-electron chi connectivity index (χ3n) is 5.93. The number of likely N-dealkylation sites (tertiary alicyclic amines) is 2. The van der Waals surface area contributed by atoms with E-state index in [2.05, 4.69) is 35.9 Å². The number of rotatable bonds is 1. The number of hydrogen-bond acceptors (Lipinski definition) is 3. The van der Waals surface area contributed by atoms with E-state index in [9.17, 15) is 4.79 Å². The van der Waals surface area contributed by atoms with Crippen molar-refractivity contribution in [1.29, 1.82) is 0 Å². The maximum atomic E-state index is 12.7. The van der Waals surface area contributed by atoms with Crippen LogP contribution in [0.1, 0.15) is 46.5 Å². The largest absolute Gasteiger partial charge is 0.342 e. The molecule has 1 N–H and O–H groups in total. The Kier molecular flexibility index (Phi) is 4.04. The fourth-order valence-corrected chi connectivity index (χ4v) is 4.09. The minimum absolute atomic E-state index is 0.239. The minimum atomic E-state index is 0.239. The lowest BCUT2D eigenvalue weighted by Gasteiger charge is -2.49. The van der Waals surface area contributed by atoms with Crippen molar-refractivity contribution in [3.8, 4) is 0 Å². The van der Waals surface area contributed by atoms with Gasteiger partial charge in [-0.1, -0.05) is 0 Å². The lowest BCUT2D eigenvalue weighted by Crippen LogP contribution is -2.59. The number of piperidine rings is 2. The van der Waals surface area contributed by atoms with Gasteiger partial charge in [0.25, 0.3) is 0 Å². The molecule has 3 rings (SSSR count). The van der Waals surface area contributed by atoms with E-state index in [0.29, 0.717) is 11.3 Å². The molecule has 3 fully saturated rings. The number of nitrogens with zero attached hydrogens (tertiary/aromatic N) is 2. The molecule has 0 bridgehead atoms. The van der Waals surface area contributed by atoms with Crippen LogP contribution < -0.4 is 5.32 Å². The van der Waals surface area contributed by atoms with E-state index >= 15 is 0 Å². The van der Waals surface area contributed by atoms with Crippen molar-refractivity contribution in [2.24, 2.45) is 11.3 Å². The fraction of sp³-hybridized carbons (Fsp3) is 0.941. The molecule has 3 saturated heterocycles. The summed E-state index contributed by atoms with van der Waals surface area (Å²) in [6.07, 6.45) is 4.48. The summed E-state index contributed by atoms with van der Waals surface area (Å²) in [5.41, 5.74) is 0.773. The first kappa shape index (κ1) is 15.3. The summed E-state index contributed by atoms with van der Waals surface area (Å²) >= 11 is 0. The van der Waals surface area contributed by atoms with Gasteiger partial charge in [0.15, 0.2) is 0 Å². The summed E-state index contributed by atoms with van der Waals surface area (Å²) in [5.74, 6) is 0.711. The van der Waals surface area contributed by atoms with Crippen LogP contribution in [-0.4, -0.2) is 60.5 Å². The Morgan fingerprint density at radius 3 is 2.05 bits per heavy atom. The van der Waals surface area contributed by atoms with Gasteiger partial charge in [0.05, 0.1) is 0 Å². The molecule has 21 heavy (non-hydrogen) atoms. The molecule has 0 unspecified atom stereocenters. The lowest BCUT2D eigenvalue weighted by molar-refractivity contribution is -0.140. The Labute approximate surface area is 129 Å². The van der Waals surface area contributed by atoms with Gasteiger partial charge in [0.2, 0.25) is 5.91 Å². The van der Waals surface area contributed by atoms with Gasteiger partial charge in [-0.2, -0.15) is 0 Å². The highest BCUT2D eigenvalue weighted by atomic mass is 16.2. The first-order valence-corrected chi connectivity index (χ1v) is 8.64. The van der Waals surface area contributed by atoms with Crippen molar-refractivity contribution >= 4 is 5.91 Å². The van der Waals surface area contributed by atoms with Crippen LogP contribution in [0.4, 0.5) is 0 Å². The minimum Gasteiger partial charge on any atom is -0.342 e. The average Bonchev–Trinajstić information content (AvgIpc) is 2.44. The summed E-state index contributed by atoms with van der Waals surface area (Å²) in [4.78, 5) is 17.4. The van der Waals surface area contributed by atoms with Crippen molar-refractivity contribution < 1.29 is 4.79 Å². The van der Waals surface area contributed by atoms with Gasteiger partial charge in [0, 0.05) is 37.6 Å². The Morgan fingerprint density at radius 1 is 1.05 bits per heavy atom. The second kappa shape index (κ2) is 5.54. The molecular formula is C17H31N3O. The standard InChI is InChI=1S/C17H31N3O/c1-16(2,3)20-8-4-14(5-9-20)15(21)19-10-6-17(7-11-19)12-18-13-17/h14,18H,4-13H2,1-3H3. The van der Waals surface area contributed by atoms with Gasteiger partial charge in [0.1, 0.15) is 0 Å². The van der Waals surface area contributed by atoms with Crippen molar-refractivity contribution in [2.75, 3.05) is 39.3 Å². The molecule has 0 aromatic heterocycles. The van der Waals surface area contributed by atoms with Crippen LogP contribution in [0.3, 0.4) is 0 Å². The lowest BCUT2D eigenvalue weighted by atomic mass is 9.73. The van der Waals surface area contributed by atoms with Crippen LogP contribution in [0.15, 0.2) is 0 Å². The molecule has 3 heterocycles. The highest BCUT2D eigenvalue weighted by Gasteiger charge is 2.41. The van der Waals surface area contributed by atoms with Gasteiger partial charge >= 0.3 is 0 Å². The first-order chi connectivity index (χ1) is 9.90. The van der Waals surface area contributed by atoms with Crippen molar-refractivity contribution in [1.82, 2.24) is 15.1 Å². The normalized spacial score (nSPS) is 27.7. The molecule has 1 amide bonds. The SMILES string of the molecule is CC(C)(C)N1CCC(C(=O)N2CCC3(CC2)CNC3)CC1. The van der Waals surface area contributed by atoms with Gasteiger partial charge in [-0.15, -0.1) is 0 Å². The van der Waals surface area contributed by atoms with E-state index in [1.807, 2.05) is 0 Å². The second-order valence-corrected chi connectivity index (χ2v) is 8.36. The molecule has 0 radical (unpaired) electrons. The summed E-state index contributed by atoms with van der Waals surface area (Å²) in [7, 11) is 0. The number of carbonyl (C=O) groups excluding carboxylic acids is 1. The van der Waals surface area contributed by atoms with Crippen LogP contribution in [0.2, 0.25) is 0 Å². The maximum absolute atomic E-state index is 12.7. The number of nitrogens with one attached hydrogen (secondary N) is 1. The van der Waals surface area contributed by atoms with E-state index < -0.39 is 0 Å². The zero-order valence-corrected chi connectivity index (χ0v) is 14.0. The summed E-state index contributed by atoms with van der Waals surface area (Å²) in [6.45, 7) is 13.3. The van der Waals surface area contributed by atoms with Crippen LogP contribution in [0, 0.1) is 11.3 Å². The van der Waals surface area contributed by atoms with Crippen LogP contribution >= 0.6 is 0 Å². The quantitative estimate of drug-likeness (QED) is 0.799. The van der Waals surface area contributed by atoms with Crippen LogP contribution in [0.25, 0.3) is 0 Å². The first-order valence-electron chi connectivity index (χ1n) is 8.64. The Balaban J connectivity index is 1.48. The molecule has 0 saturated carbocycles. The zero-order chi connectivity index (χ0) is 15.1. The molecule has 4 heteroatoms. The predicted octanol–water partition coefficient (Wildman–Crippen LogP) is 1.71. The van der Waals surface area contributed by atoms with E-state index in [1.165, 1.54) is 25.9 Å². The molecule has 3 aliphatic heterocycles. The summed E-state index contributed by atoms with van der Waals surface area (Å²) in [6, 6.07) is 0. The third-order valence-corrected chi connectivity index (χ3v) is 5.93. The molecule has 4 nitrogen and oxygen atoms in total. The average molecular weight is 293 g/mol. The number of amides is 1. The number of hydrogen-bond donors (Lipinski definition) is 1. The molecular weight excluding hydrogens is 262 g/mol. The van der Waals surface area contributed by atoms with E-state index in [-0.39, 0.29) is 11.5 Å². The monoisotopic (exact) mass is 293 g/mol. The molecule has 120 valence electrons. The van der Waals surface area contributed by atoms with Gasteiger partial charge in [-0.25, -0.2) is 0 Å². The smallest absolute Gasteiger partial charge is 0.225 e. The summed E-state index contributed by atoms with van der Waals surface area (Å²) in [5, 5.41) is 3.39. The van der Waals surface area contributed by atoms with Crippen LogP contribution in [0.5, 0.6) is 0 Å². The summed E-state index contributed by atoms with van der Waals surface area (Å²) < 4.78 is 0. The Morgan fingerprint density at radius 2 is 1.62 bits per heavy atom. The van der Waals surface area contributed by atoms with Gasteiger partial charge in [-0.05, 0) is 65.0 Å². The second-order valence-electron chi connectivity index (χ2n) is 8.36. The maximum Gasteiger partial charge on any atom is 0.225 e. The van der Waals surface area contributed by atoms with Gasteiger partial charge in [-0.3, -0.25) is 9.69 Å². The Bertz CT molecular complexity index is 379. The van der Waals surface area contributed by atoms with E-state index in [0.717, 1.165) is 39.0 Å². The third kappa shape index (κ3) is 3.11. The highest BCUT2D eigenvalue weighted by molar-refractivity contribution is 5.79. The van der Waals surface area contributed by atoms with Crippen LogP contribution in [-0.2, 0) is 4.79 Å². The van der Waals surface area contributed by atoms with Crippen molar-refractivity contribution in [3.05, 3.63) is 0 Å². The van der Waals surface area contributed by atoms with Crippen molar-refractivity contribution in [2.45, 2.75) is 52.0 Å². The van der Waals surface area contributed by atoms with Gasteiger partial charge < -0.3 is 10.2 Å². The fourth-order valence-electron chi connectivity index (χ4n) is 4.09. The highest BCUT2D eigenvalue weighted by Crippen LogP contribution is 2.36. The predicted molar refractivity (Wildman–Crippen MR) is 85.2 cm³/mol. The Hall–Kier alpha value is -0.610. The van der Waals surface area contributed by atoms with E-state index in [1.54, 1.807) is 0 Å². The van der Waals surface area contributed by atoms with Crippen molar-refractivity contribution in [3.63, 3.8) is 0 Å².